The molecule has 0 aromatic rings. The van der Waals surface area contributed by atoms with Crippen molar-refractivity contribution < 1.29 is 5.11 Å². The molecule has 104 valence electrons. The molecular weight excluding hydrogens is 210 g/mol. The molecule has 0 heterocycles. The quantitative estimate of drug-likeness (QED) is 0.527. The molecule has 17 heavy (non-hydrogen) atoms. The van der Waals surface area contributed by atoms with Gasteiger partial charge in [0.05, 0.1) is 0 Å². The van der Waals surface area contributed by atoms with Crippen LogP contribution in [0.15, 0.2) is 0 Å². The van der Waals surface area contributed by atoms with E-state index in [4.69, 9.17) is 5.11 Å². The van der Waals surface area contributed by atoms with Crippen LogP contribution >= 0.6 is 0 Å². The summed E-state index contributed by atoms with van der Waals surface area (Å²) in [6.07, 6.45) is 10.1. The van der Waals surface area contributed by atoms with E-state index in [1.54, 1.807) is 0 Å². The maximum atomic E-state index is 8.85. The van der Waals surface area contributed by atoms with Crippen molar-refractivity contribution >= 4 is 0 Å². The molecule has 0 aromatic heterocycles. The summed E-state index contributed by atoms with van der Waals surface area (Å²) in [5.41, 5.74) is 0. The lowest BCUT2D eigenvalue weighted by molar-refractivity contribution is 0.171. The molecule has 0 amide bonds. The first-order valence-corrected chi connectivity index (χ1v) is 7.64. The van der Waals surface area contributed by atoms with Gasteiger partial charge >= 0.3 is 0 Å². The Morgan fingerprint density at radius 1 is 0.882 bits per heavy atom. The van der Waals surface area contributed by atoms with E-state index >= 15 is 0 Å². The number of hydrogen-bond donors (Lipinski definition) is 1. The predicted molar refractivity (Wildman–Crippen MR) is 76.4 cm³/mol. The topological polar surface area (TPSA) is 23.5 Å². The van der Waals surface area contributed by atoms with Crippen LogP contribution in [-0.2, 0) is 0 Å². The van der Waals surface area contributed by atoms with Crippen LogP contribution in [0.25, 0.3) is 0 Å². The normalized spacial score (nSPS) is 11.6. The van der Waals surface area contributed by atoms with E-state index in [2.05, 4.69) is 25.7 Å². The lowest BCUT2D eigenvalue weighted by Crippen LogP contribution is -2.36. The summed E-state index contributed by atoms with van der Waals surface area (Å²) >= 11 is 0. The zero-order chi connectivity index (χ0) is 12.9. The Bertz CT molecular complexity index is 142. The number of unbranched alkanes of at least 4 members (excludes halogenated alkanes) is 3. The first-order chi connectivity index (χ1) is 8.29. The van der Waals surface area contributed by atoms with Crippen LogP contribution in [0.5, 0.6) is 0 Å². The summed E-state index contributed by atoms with van der Waals surface area (Å²) in [7, 11) is 0. The molecule has 0 bridgehead atoms. The summed E-state index contributed by atoms with van der Waals surface area (Å²) in [5.74, 6) is 0. The molecule has 2 nitrogen and oxygen atoms in total. The van der Waals surface area contributed by atoms with Crippen LogP contribution in [0.2, 0.25) is 0 Å². The molecule has 1 N–H and O–H groups in total. The maximum absolute atomic E-state index is 8.85. The predicted octanol–water partition coefficient (Wildman–Crippen LogP) is 3.83. The van der Waals surface area contributed by atoms with Crippen molar-refractivity contribution in [3.05, 3.63) is 0 Å². The third-order valence-electron chi connectivity index (χ3n) is 3.56. The van der Waals surface area contributed by atoms with Crippen molar-refractivity contribution in [3.63, 3.8) is 0 Å². The summed E-state index contributed by atoms with van der Waals surface area (Å²) in [4.78, 5) is 2.63. The van der Waals surface area contributed by atoms with E-state index in [-0.39, 0.29) is 0 Å². The van der Waals surface area contributed by atoms with Gasteiger partial charge < -0.3 is 10.0 Å². The van der Waals surface area contributed by atoms with Gasteiger partial charge in [-0.3, -0.25) is 0 Å². The number of rotatable bonds is 12. The van der Waals surface area contributed by atoms with Gasteiger partial charge in [0, 0.05) is 12.6 Å². The second-order valence-electron chi connectivity index (χ2n) is 5.00. The molecule has 0 saturated carbocycles. The van der Waals surface area contributed by atoms with E-state index in [1.807, 2.05) is 0 Å². The fraction of sp³-hybridized carbons (Fsp3) is 1.00. The Kier molecular flexibility index (Phi) is 12.3. The number of aliphatic hydroxyl groups excluding tert-OH is 1. The molecule has 0 atom stereocenters. The summed E-state index contributed by atoms with van der Waals surface area (Å²) < 4.78 is 0. The highest BCUT2D eigenvalue weighted by molar-refractivity contribution is 4.71. The summed E-state index contributed by atoms with van der Waals surface area (Å²) in [5, 5.41) is 8.85. The number of hydrogen-bond acceptors (Lipinski definition) is 2. The van der Waals surface area contributed by atoms with Crippen LogP contribution in [0.4, 0.5) is 0 Å². The fourth-order valence-electron chi connectivity index (χ4n) is 2.41. The average Bonchev–Trinajstić information content (AvgIpc) is 2.36. The highest BCUT2D eigenvalue weighted by Crippen LogP contribution is 2.16. The van der Waals surface area contributed by atoms with Crippen LogP contribution in [0.3, 0.4) is 0 Å². The monoisotopic (exact) mass is 243 g/mol. The van der Waals surface area contributed by atoms with E-state index in [0.717, 1.165) is 32.0 Å². The van der Waals surface area contributed by atoms with Gasteiger partial charge in [-0.1, -0.05) is 46.5 Å². The van der Waals surface area contributed by atoms with Crippen LogP contribution in [0, 0.1) is 0 Å². The largest absolute Gasteiger partial charge is 0.396 e. The fourth-order valence-corrected chi connectivity index (χ4v) is 2.41. The molecular formula is C15H33NO. The first-order valence-electron chi connectivity index (χ1n) is 7.64. The van der Waals surface area contributed by atoms with Crippen LogP contribution in [0.1, 0.15) is 72.1 Å². The number of aliphatic hydroxyl groups is 1. The Labute approximate surface area is 108 Å². The SMILES string of the molecule is CCCCC(CCCC)N(CC)CCCCO. The van der Waals surface area contributed by atoms with Gasteiger partial charge in [0.2, 0.25) is 0 Å². The molecule has 0 unspecified atom stereocenters. The molecule has 0 aromatic carbocycles. The minimum absolute atomic E-state index is 0.339. The van der Waals surface area contributed by atoms with E-state index < -0.39 is 0 Å². The average molecular weight is 243 g/mol. The first kappa shape index (κ1) is 16.9. The standard InChI is InChI=1S/C15H33NO/c1-4-7-11-15(12-8-5-2)16(6-3)13-9-10-14-17/h15,17H,4-14H2,1-3H3. The van der Waals surface area contributed by atoms with Crippen molar-refractivity contribution in [1.82, 2.24) is 4.90 Å². The number of nitrogens with zero attached hydrogens (tertiary/aromatic N) is 1. The molecule has 0 rings (SSSR count). The molecule has 0 radical (unpaired) electrons. The third-order valence-corrected chi connectivity index (χ3v) is 3.56. The molecule has 0 spiro atoms. The van der Waals surface area contributed by atoms with Crippen molar-refractivity contribution in [2.24, 2.45) is 0 Å². The highest BCUT2D eigenvalue weighted by atomic mass is 16.2. The van der Waals surface area contributed by atoms with Gasteiger partial charge in [0.1, 0.15) is 0 Å². The Morgan fingerprint density at radius 3 is 1.88 bits per heavy atom. The van der Waals surface area contributed by atoms with Gasteiger partial charge in [-0.05, 0) is 38.8 Å². The van der Waals surface area contributed by atoms with Crippen molar-refractivity contribution in [2.45, 2.75) is 78.2 Å². The summed E-state index contributed by atoms with van der Waals surface area (Å²) in [6.45, 7) is 9.48. The van der Waals surface area contributed by atoms with Gasteiger partial charge in [0.15, 0.2) is 0 Å². The smallest absolute Gasteiger partial charge is 0.0431 e. The molecule has 0 fully saturated rings. The van der Waals surface area contributed by atoms with Crippen LogP contribution < -0.4 is 0 Å². The van der Waals surface area contributed by atoms with Gasteiger partial charge in [-0.2, -0.15) is 0 Å². The van der Waals surface area contributed by atoms with Crippen molar-refractivity contribution in [3.8, 4) is 0 Å². The minimum atomic E-state index is 0.339. The highest BCUT2D eigenvalue weighted by Gasteiger charge is 2.15. The molecule has 0 aliphatic heterocycles. The van der Waals surface area contributed by atoms with Gasteiger partial charge in [-0.15, -0.1) is 0 Å². The second-order valence-corrected chi connectivity index (χ2v) is 5.00. The molecule has 0 aliphatic carbocycles. The van der Waals surface area contributed by atoms with E-state index in [1.165, 1.54) is 38.5 Å². The van der Waals surface area contributed by atoms with Gasteiger partial charge in [-0.25, -0.2) is 0 Å². The molecule has 0 aliphatic rings. The Hall–Kier alpha value is -0.0800. The Balaban J connectivity index is 4.06. The minimum Gasteiger partial charge on any atom is -0.396 e. The second kappa shape index (κ2) is 12.4. The zero-order valence-corrected chi connectivity index (χ0v) is 12.2. The lowest BCUT2D eigenvalue weighted by Gasteiger charge is -2.31. The lowest BCUT2D eigenvalue weighted by atomic mass is 10.0. The van der Waals surface area contributed by atoms with Crippen molar-refractivity contribution in [2.75, 3.05) is 19.7 Å². The van der Waals surface area contributed by atoms with E-state index in [9.17, 15) is 0 Å². The van der Waals surface area contributed by atoms with Gasteiger partial charge in [0.25, 0.3) is 0 Å². The van der Waals surface area contributed by atoms with Crippen LogP contribution in [-0.4, -0.2) is 35.7 Å². The van der Waals surface area contributed by atoms with Crippen molar-refractivity contribution in [1.29, 1.82) is 0 Å². The maximum Gasteiger partial charge on any atom is 0.0431 e. The van der Waals surface area contributed by atoms with E-state index in [0.29, 0.717) is 6.61 Å². The summed E-state index contributed by atoms with van der Waals surface area (Å²) in [6, 6.07) is 0.776. The third kappa shape index (κ3) is 8.62. The molecule has 2 heteroatoms. The zero-order valence-electron chi connectivity index (χ0n) is 12.2. The molecule has 0 saturated heterocycles. The Morgan fingerprint density at radius 2 is 1.47 bits per heavy atom.